The van der Waals surface area contributed by atoms with Crippen LogP contribution in [0.25, 0.3) is 0 Å². The molecule has 0 aromatic carbocycles. The van der Waals surface area contributed by atoms with Crippen molar-refractivity contribution in [2.75, 3.05) is 25.5 Å². The molecule has 0 saturated carbocycles. The van der Waals surface area contributed by atoms with Gasteiger partial charge in [-0.1, -0.05) is 0 Å². The van der Waals surface area contributed by atoms with Crippen LogP contribution in [-0.2, 0) is 0 Å². The van der Waals surface area contributed by atoms with E-state index in [4.69, 9.17) is 11.6 Å². The highest BCUT2D eigenvalue weighted by Crippen LogP contribution is 2.07. The van der Waals surface area contributed by atoms with Gasteiger partial charge in [0.25, 0.3) is 0 Å². The quantitative estimate of drug-likeness (QED) is 0.661. The maximum atomic E-state index is 5.55. The molecule has 4 heteroatoms. The van der Waals surface area contributed by atoms with Gasteiger partial charge in [-0.2, -0.15) is 0 Å². The average molecular weight is 221 g/mol. The number of rotatable bonds is 3. The summed E-state index contributed by atoms with van der Waals surface area (Å²) in [5.74, 6) is 0.816. The first-order valence-electron chi connectivity index (χ1n) is 3.72. The smallest absolute Gasteiger partial charge is 0.0235 e. The minimum Gasteiger partial charge on any atom is -0.303 e. The Bertz CT molecular complexity index is 74.1. The molecule has 0 bridgehead atoms. The van der Waals surface area contributed by atoms with E-state index in [1.54, 1.807) is 0 Å². The topological polar surface area (TPSA) is 3.24 Å². The predicted octanol–water partition coefficient (Wildman–Crippen LogP) is 2.55. The van der Waals surface area contributed by atoms with Crippen molar-refractivity contribution in [1.29, 1.82) is 0 Å². The zero-order valence-electron chi connectivity index (χ0n) is 6.59. The van der Waals surface area contributed by atoms with Crippen molar-refractivity contribution < 1.29 is 0 Å². The highest BCUT2D eigenvalue weighted by Gasteiger charge is 2.09. The molecule has 1 aliphatic rings. The first kappa shape index (κ1) is 14.4. The number of hydrogen-bond donors (Lipinski definition) is 0. The number of nitrogens with zero attached hydrogens (tertiary/aromatic N) is 1. The number of alkyl halides is 1. The number of likely N-dealkylation sites (tertiary alicyclic amines) is 1. The summed E-state index contributed by atoms with van der Waals surface area (Å²) in [6, 6.07) is 0. The van der Waals surface area contributed by atoms with Crippen molar-refractivity contribution in [3.8, 4) is 0 Å². The van der Waals surface area contributed by atoms with Gasteiger partial charge >= 0.3 is 0 Å². The molecule has 1 heterocycles. The van der Waals surface area contributed by atoms with Crippen molar-refractivity contribution in [1.82, 2.24) is 4.90 Å². The summed E-state index contributed by atoms with van der Waals surface area (Å²) in [5.41, 5.74) is 0. The van der Waals surface area contributed by atoms with Crippen LogP contribution in [0, 0.1) is 0 Å². The summed E-state index contributed by atoms with van der Waals surface area (Å²) in [6.07, 6.45) is 3.94. The molecule has 0 amide bonds. The molecule has 0 aromatic rings. The Balaban J connectivity index is 0. The summed E-state index contributed by atoms with van der Waals surface area (Å²) in [4.78, 5) is 2.49. The van der Waals surface area contributed by atoms with Crippen LogP contribution in [0.1, 0.15) is 19.3 Å². The van der Waals surface area contributed by atoms with Gasteiger partial charge in [0, 0.05) is 5.88 Å². The molecule has 0 aromatic heterocycles. The summed E-state index contributed by atoms with van der Waals surface area (Å²) in [6.45, 7) is 3.82. The van der Waals surface area contributed by atoms with Gasteiger partial charge in [0.2, 0.25) is 0 Å². The maximum absolute atomic E-state index is 5.55. The summed E-state index contributed by atoms with van der Waals surface area (Å²) < 4.78 is 0. The predicted molar refractivity (Wildman–Crippen MR) is 55.5 cm³/mol. The van der Waals surface area contributed by atoms with Crippen LogP contribution in [0.4, 0.5) is 0 Å². The lowest BCUT2D eigenvalue weighted by Crippen LogP contribution is -2.20. The van der Waals surface area contributed by atoms with Gasteiger partial charge in [0.1, 0.15) is 0 Å². The van der Waals surface area contributed by atoms with E-state index in [2.05, 4.69) is 4.90 Å². The normalized spacial score (nSPS) is 17.2. The number of halogens is 3. The molecule has 1 aliphatic heterocycles. The second-order valence-corrected chi connectivity index (χ2v) is 2.97. The van der Waals surface area contributed by atoms with Crippen molar-refractivity contribution in [2.45, 2.75) is 19.3 Å². The molecule has 0 radical (unpaired) electrons. The van der Waals surface area contributed by atoms with Crippen molar-refractivity contribution >= 4 is 36.4 Å². The minimum absolute atomic E-state index is 0. The molecule has 70 valence electrons. The van der Waals surface area contributed by atoms with Gasteiger partial charge in [-0.05, 0) is 38.9 Å². The lowest BCUT2D eigenvalue weighted by molar-refractivity contribution is 0.340. The second-order valence-electron chi connectivity index (χ2n) is 2.59. The summed E-state index contributed by atoms with van der Waals surface area (Å²) in [7, 11) is 0. The SMILES string of the molecule is Cl.Cl.ClCCCN1CCCC1. The van der Waals surface area contributed by atoms with Crippen molar-refractivity contribution in [3.63, 3.8) is 0 Å². The third-order valence-corrected chi connectivity index (χ3v) is 2.07. The fourth-order valence-electron chi connectivity index (χ4n) is 1.29. The second kappa shape index (κ2) is 8.92. The van der Waals surface area contributed by atoms with Crippen LogP contribution in [0.2, 0.25) is 0 Å². The zero-order valence-corrected chi connectivity index (χ0v) is 8.98. The molecular formula is C7H16Cl3N. The Kier molecular flexibility index (Phi) is 11.6. The highest BCUT2D eigenvalue weighted by molar-refractivity contribution is 6.17. The van der Waals surface area contributed by atoms with Crippen LogP contribution >= 0.6 is 36.4 Å². The standard InChI is InChI=1S/C7H14ClN.2ClH/c8-4-3-7-9-5-1-2-6-9;;/h1-7H2;2*1H. The van der Waals surface area contributed by atoms with Crippen LogP contribution in [0.5, 0.6) is 0 Å². The maximum Gasteiger partial charge on any atom is 0.0235 e. The van der Waals surface area contributed by atoms with Gasteiger partial charge in [-0.15, -0.1) is 36.4 Å². The first-order chi connectivity index (χ1) is 4.43. The zero-order chi connectivity index (χ0) is 6.53. The molecule has 1 rings (SSSR count). The molecule has 0 N–H and O–H groups in total. The van der Waals surface area contributed by atoms with Gasteiger partial charge in [-0.25, -0.2) is 0 Å². The van der Waals surface area contributed by atoms with Crippen molar-refractivity contribution in [2.24, 2.45) is 0 Å². The van der Waals surface area contributed by atoms with E-state index < -0.39 is 0 Å². The van der Waals surface area contributed by atoms with Crippen LogP contribution < -0.4 is 0 Å². The van der Waals surface area contributed by atoms with E-state index in [9.17, 15) is 0 Å². The average Bonchev–Trinajstić information content (AvgIpc) is 2.34. The van der Waals surface area contributed by atoms with Crippen molar-refractivity contribution in [3.05, 3.63) is 0 Å². The van der Waals surface area contributed by atoms with Crippen LogP contribution in [-0.4, -0.2) is 30.4 Å². The minimum atomic E-state index is 0. The third-order valence-electron chi connectivity index (χ3n) is 1.81. The largest absolute Gasteiger partial charge is 0.303 e. The molecular weight excluding hydrogens is 204 g/mol. The Morgan fingerprint density at radius 1 is 1.09 bits per heavy atom. The molecule has 0 aliphatic carbocycles. The third kappa shape index (κ3) is 6.03. The van der Waals surface area contributed by atoms with Gasteiger partial charge in [-0.3, -0.25) is 0 Å². The molecule has 0 atom stereocenters. The van der Waals surface area contributed by atoms with E-state index in [0.717, 1.165) is 12.3 Å². The van der Waals surface area contributed by atoms with Crippen LogP contribution in [0.3, 0.4) is 0 Å². The first-order valence-corrected chi connectivity index (χ1v) is 4.25. The Morgan fingerprint density at radius 2 is 1.64 bits per heavy atom. The van der Waals surface area contributed by atoms with E-state index >= 15 is 0 Å². The Morgan fingerprint density at radius 3 is 2.09 bits per heavy atom. The fourth-order valence-corrected chi connectivity index (χ4v) is 1.41. The summed E-state index contributed by atoms with van der Waals surface area (Å²) >= 11 is 5.55. The van der Waals surface area contributed by atoms with Gasteiger partial charge in [0.15, 0.2) is 0 Å². The van der Waals surface area contributed by atoms with Gasteiger partial charge in [0.05, 0.1) is 0 Å². The van der Waals surface area contributed by atoms with E-state index in [0.29, 0.717) is 0 Å². The van der Waals surface area contributed by atoms with E-state index in [1.165, 1.54) is 32.5 Å². The van der Waals surface area contributed by atoms with E-state index in [-0.39, 0.29) is 24.8 Å². The lowest BCUT2D eigenvalue weighted by atomic mass is 10.4. The monoisotopic (exact) mass is 219 g/mol. The molecule has 11 heavy (non-hydrogen) atoms. The lowest BCUT2D eigenvalue weighted by Gasteiger charge is -2.12. The molecule has 1 nitrogen and oxygen atoms in total. The molecule has 1 saturated heterocycles. The molecule has 0 spiro atoms. The number of hydrogen-bond acceptors (Lipinski definition) is 1. The molecule has 1 fully saturated rings. The van der Waals surface area contributed by atoms with E-state index in [1.807, 2.05) is 0 Å². The Labute approximate surface area is 86.3 Å². The summed E-state index contributed by atoms with van der Waals surface area (Å²) in [5, 5.41) is 0. The Hall–Kier alpha value is 0.830. The van der Waals surface area contributed by atoms with Crippen LogP contribution in [0.15, 0.2) is 0 Å². The fraction of sp³-hybridized carbons (Fsp3) is 1.00. The van der Waals surface area contributed by atoms with Gasteiger partial charge < -0.3 is 4.90 Å². The molecule has 0 unspecified atom stereocenters. The highest BCUT2D eigenvalue weighted by atomic mass is 35.5.